The zero-order valence-electron chi connectivity index (χ0n) is 14.4. The Hall–Kier alpha value is -4.19. The number of hydrogen-bond donors (Lipinski definition) is 4. The molecule has 0 spiro atoms. The van der Waals surface area contributed by atoms with Crippen LogP contribution in [0.4, 0.5) is 11.5 Å². The monoisotopic (exact) mass is 360 g/mol. The Bertz CT molecular complexity index is 1110. The van der Waals surface area contributed by atoms with Gasteiger partial charge in [0.25, 0.3) is 5.91 Å². The number of nitrogens with two attached hydrogens (primary N) is 1. The van der Waals surface area contributed by atoms with E-state index < -0.39 is 5.91 Å². The van der Waals surface area contributed by atoms with Crippen molar-refractivity contribution < 1.29 is 4.79 Å². The summed E-state index contributed by atoms with van der Waals surface area (Å²) in [6.45, 7) is 1.57. The fourth-order valence-electron chi connectivity index (χ4n) is 2.39. The number of para-hydroxylation sites is 1. The number of fused-ring (bicyclic) bond motifs is 1. The molecule has 0 aliphatic rings. The highest BCUT2D eigenvalue weighted by molar-refractivity contribution is 6.01. The molecule has 9 heteroatoms. The first-order valence-electron chi connectivity index (χ1n) is 7.92. The largest absolute Gasteiger partial charge is 0.384 e. The van der Waals surface area contributed by atoms with Crippen molar-refractivity contribution >= 4 is 28.8 Å². The van der Waals surface area contributed by atoms with Crippen LogP contribution in [0.25, 0.3) is 5.65 Å². The standard InChI is InChI=1S/C18H16N8O/c1-11(20)8-16(23-14-5-3-2-4-12(14)9-19)25-18(27)13-10-22-26-7-6-15(21)24-17(13)26/h2-8,10,20,23H,1H3,(H2,21,24)(H,25,27)/b16-8+,20-11?. The average molecular weight is 360 g/mol. The summed E-state index contributed by atoms with van der Waals surface area (Å²) < 4.78 is 1.44. The van der Waals surface area contributed by atoms with Gasteiger partial charge in [-0.05, 0) is 31.2 Å². The first-order chi connectivity index (χ1) is 13.0. The molecule has 2 heterocycles. The molecule has 0 aliphatic heterocycles. The Morgan fingerprint density at radius 1 is 1.37 bits per heavy atom. The summed E-state index contributed by atoms with van der Waals surface area (Å²) in [6.07, 6.45) is 4.43. The molecule has 0 saturated carbocycles. The molecule has 0 radical (unpaired) electrons. The van der Waals surface area contributed by atoms with Crippen molar-refractivity contribution in [3.63, 3.8) is 0 Å². The van der Waals surface area contributed by atoms with Crippen LogP contribution >= 0.6 is 0 Å². The van der Waals surface area contributed by atoms with Gasteiger partial charge in [0.15, 0.2) is 5.65 Å². The Balaban J connectivity index is 1.90. The summed E-state index contributed by atoms with van der Waals surface area (Å²) >= 11 is 0. The Kier molecular flexibility index (Phi) is 4.81. The maximum absolute atomic E-state index is 12.7. The molecule has 27 heavy (non-hydrogen) atoms. The zero-order valence-corrected chi connectivity index (χ0v) is 14.4. The van der Waals surface area contributed by atoms with Gasteiger partial charge < -0.3 is 21.8 Å². The van der Waals surface area contributed by atoms with Crippen LogP contribution in [0.1, 0.15) is 22.8 Å². The molecule has 2 aromatic heterocycles. The molecule has 9 nitrogen and oxygen atoms in total. The van der Waals surface area contributed by atoms with Gasteiger partial charge in [0.1, 0.15) is 23.3 Å². The van der Waals surface area contributed by atoms with Crippen molar-refractivity contribution in [1.82, 2.24) is 19.9 Å². The van der Waals surface area contributed by atoms with Gasteiger partial charge in [-0.25, -0.2) is 9.50 Å². The van der Waals surface area contributed by atoms with Crippen LogP contribution in [0.5, 0.6) is 0 Å². The average Bonchev–Trinajstić information content (AvgIpc) is 3.04. The van der Waals surface area contributed by atoms with Crippen molar-refractivity contribution in [2.45, 2.75) is 6.92 Å². The fourth-order valence-corrected chi connectivity index (χ4v) is 2.39. The van der Waals surface area contributed by atoms with Gasteiger partial charge in [-0.2, -0.15) is 10.4 Å². The van der Waals surface area contributed by atoms with Crippen LogP contribution in [0.15, 0.2) is 54.6 Å². The number of hydrogen-bond acceptors (Lipinski definition) is 7. The number of carbonyl (C=O) groups excluding carboxylic acids is 1. The van der Waals surface area contributed by atoms with E-state index in [0.717, 1.165) is 0 Å². The third kappa shape index (κ3) is 3.91. The lowest BCUT2D eigenvalue weighted by Crippen LogP contribution is -2.28. The second-order valence-electron chi connectivity index (χ2n) is 5.66. The highest BCUT2D eigenvalue weighted by Crippen LogP contribution is 2.16. The number of benzene rings is 1. The number of amides is 1. The Labute approximate surface area is 154 Å². The minimum atomic E-state index is -0.475. The van der Waals surface area contributed by atoms with Crippen molar-refractivity contribution in [1.29, 1.82) is 10.7 Å². The van der Waals surface area contributed by atoms with Gasteiger partial charge >= 0.3 is 0 Å². The van der Waals surface area contributed by atoms with Crippen LogP contribution in [0.3, 0.4) is 0 Å². The number of rotatable bonds is 5. The van der Waals surface area contributed by atoms with Gasteiger partial charge in [0, 0.05) is 11.9 Å². The molecule has 0 atom stereocenters. The summed E-state index contributed by atoms with van der Waals surface area (Å²) in [6, 6.07) is 10.5. The molecule has 134 valence electrons. The molecule has 0 saturated heterocycles. The van der Waals surface area contributed by atoms with Gasteiger partial charge in [0.05, 0.1) is 17.4 Å². The SMILES string of the molecule is CC(=N)/C=C(/NC(=O)c1cnn2ccc(N)nc12)Nc1ccccc1C#N. The minimum absolute atomic E-state index is 0.217. The van der Waals surface area contributed by atoms with Crippen molar-refractivity contribution in [3.05, 3.63) is 65.7 Å². The van der Waals surface area contributed by atoms with Crippen molar-refractivity contribution in [3.8, 4) is 6.07 Å². The van der Waals surface area contributed by atoms with Crippen LogP contribution in [-0.4, -0.2) is 26.2 Å². The number of carbonyl (C=O) groups is 1. The lowest BCUT2D eigenvalue weighted by atomic mass is 10.2. The number of nitrogens with zero attached hydrogens (tertiary/aromatic N) is 4. The van der Waals surface area contributed by atoms with Gasteiger partial charge in [-0.1, -0.05) is 12.1 Å². The van der Waals surface area contributed by atoms with Crippen LogP contribution in [0.2, 0.25) is 0 Å². The number of allylic oxidation sites excluding steroid dienone is 1. The van der Waals surface area contributed by atoms with Gasteiger partial charge in [-0.3, -0.25) is 4.79 Å². The minimum Gasteiger partial charge on any atom is -0.384 e. The first kappa shape index (κ1) is 17.6. The maximum atomic E-state index is 12.7. The van der Waals surface area contributed by atoms with Crippen LogP contribution in [0, 0.1) is 16.7 Å². The maximum Gasteiger partial charge on any atom is 0.262 e. The van der Waals surface area contributed by atoms with Crippen molar-refractivity contribution in [2.75, 3.05) is 11.1 Å². The lowest BCUT2D eigenvalue weighted by Gasteiger charge is -2.13. The molecule has 3 aromatic rings. The predicted octanol–water partition coefficient (Wildman–Crippen LogP) is 1.91. The van der Waals surface area contributed by atoms with Gasteiger partial charge in [0.2, 0.25) is 0 Å². The molecule has 0 fully saturated rings. The van der Waals surface area contributed by atoms with Crippen LogP contribution < -0.4 is 16.4 Å². The number of aromatic nitrogens is 3. The summed E-state index contributed by atoms with van der Waals surface area (Å²) in [5.74, 6) is 0.0419. The topological polar surface area (TPSA) is 145 Å². The highest BCUT2D eigenvalue weighted by atomic mass is 16.1. The van der Waals surface area contributed by atoms with Crippen LogP contribution in [-0.2, 0) is 0 Å². The fraction of sp³-hybridized carbons (Fsp3) is 0.0556. The lowest BCUT2D eigenvalue weighted by molar-refractivity contribution is 0.0968. The van der Waals surface area contributed by atoms with E-state index in [4.69, 9.17) is 11.1 Å². The third-order valence-electron chi connectivity index (χ3n) is 3.56. The predicted molar refractivity (Wildman–Crippen MR) is 101 cm³/mol. The molecule has 3 rings (SSSR count). The van der Waals surface area contributed by atoms with E-state index in [1.807, 2.05) is 0 Å². The molecule has 0 unspecified atom stereocenters. The molecule has 5 N–H and O–H groups in total. The Morgan fingerprint density at radius 2 is 2.15 bits per heavy atom. The summed E-state index contributed by atoms with van der Waals surface area (Å²) in [7, 11) is 0. The molecule has 1 amide bonds. The van der Waals surface area contributed by atoms with E-state index >= 15 is 0 Å². The quantitative estimate of drug-likeness (QED) is 0.511. The molecular weight excluding hydrogens is 344 g/mol. The van der Waals surface area contributed by atoms with Gasteiger partial charge in [-0.15, -0.1) is 0 Å². The smallest absolute Gasteiger partial charge is 0.262 e. The van der Waals surface area contributed by atoms with E-state index in [9.17, 15) is 10.1 Å². The normalized spacial score (nSPS) is 11.0. The van der Waals surface area contributed by atoms with E-state index in [0.29, 0.717) is 16.9 Å². The van der Waals surface area contributed by atoms with Crippen molar-refractivity contribution in [2.24, 2.45) is 0 Å². The Morgan fingerprint density at radius 3 is 2.89 bits per heavy atom. The first-order valence-corrected chi connectivity index (χ1v) is 7.92. The third-order valence-corrected chi connectivity index (χ3v) is 3.56. The molecular formula is C18H16N8O. The zero-order chi connectivity index (χ0) is 19.4. The van der Waals surface area contributed by atoms with E-state index in [-0.39, 0.29) is 22.9 Å². The summed E-state index contributed by atoms with van der Waals surface area (Å²) in [5, 5.41) is 26.6. The number of anilines is 2. The second kappa shape index (κ2) is 7.37. The summed E-state index contributed by atoms with van der Waals surface area (Å²) in [4.78, 5) is 16.8. The molecule has 0 bridgehead atoms. The highest BCUT2D eigenvalue weighted by Gasteiger charge is 2.16. The summed E-state index contributed by atoms with van der Waals surface area (Å²) in [5.41, 5.74) is 7.36. The number of nitrogens with one attached hydrogen (secondary N) is 3. The van der Waals surface area contributed by atoms with E-state index in [1.54, 1.807) is 43.5 Å². The number of nitriles is 1. The van der Waals surface area contributed by atoms with E-state index in [1.165, 1.54) is 16.8 Å². The molecule has 1 aromatic carbocycles. The number of nitrogen functional groups attached to an aromatic ring is 1. The van der Waals surface area contributed by atoms with E-state index in [2.05, 4.69) is 26.8 Å². The molecule has 0 aliphatic carbocycles. The second-order valence-corrected chi connectivity index (χ2v) is 5.66.